The molecule has 1 N–H and O–H groups in total. The summed E-state index contributed by atoms with van der Waals surface area (Å²) in [7, 11) is -8.54. The second-order valence-electron chi connectivity index (χ2n) is 5.02. The molecule has 22 heteroatoms. The van der Waals surface area contributed by atoms with Crippen molar-refractivity contribution in [1.29, 1.82) is 0 Å². The molecule has 0 heterocycles. The topological polar surface area (TPSA) is 20.2 Å². The monoisotopic (exact) mass is 536 g/mol. The molecule has 190 valence electrons. The zero-order valence-electron chi connectivity index (χ0n) is 13.5. The summed E-state index contributed by atoms with van der Waals surface area (Å²) < 4.78 is 249. The maximum Gasteiger partial charge on any atom is 0.697 e. The van der Waals surface area contributed by atoms with Crippen LogP contribution in [0, 0.1) is 0 Å². The van der Waals surface area contributed by atoms with E-state index < -0.39 is 56.3 Å². The van der Waals surface area contributed by atoms with Crippen molar-refractivity contribution in [3.63, 3.8) is 0 Å². The number of alkyl halides is 17. The molecule has 31 heavy (non-hydrogen) atoms. The molecule has 1 nitrogen and oxygen atoms in total. The smallest absolute Gasteiger partial charge is 0.400 e. The Hall–Kier alpha value is -1.22. The maximum absolute atomic E-state index is 13.0. The summed E-state index contributed by atoms with van der Waals surface area (Å²) in [6, 6.07) is 0. The highest BCUT2D eigenvalue weighted by molar-refractivity contribution is 6.61. The van der Waals surface area contributed by atoms with Crippen LogP contribution in [0.25, 0.3) is 0 Å². The molecule has 0 fully saturated rings. The zero-order chi connectivity index (χ0) is 26.5. The van der Waals surface area contributed by atoms with Gasteiger partial charge in [0.2, 0.25) is 0 Å². The third kappa shape index (κ3) is 4.12. The van der Waals surface area contributed by atoms with E-state index in [0.29, 0.717) is 0 Å². The fourth-order valence-corrected chi connectivity index (χ4v) is 1.85. The minimum atomic E-state index is -9.54. The Labute approximate surface area is 157 Å². The Morgan fingerprint density at radius 3 is 0.774 bits per heavy atom. The van der Waals surface area contributed by atoms with Crippen LogP contribution in [0.4, 0.5) is 87.0 Å². The van der Waals surface area contributed by atoms with Crippen molar-refractivity contribution in [2.45, 2.75) is 47.3 Å². The van der Waals surface area contributed by atoms with Crippen molar-refractivity contribution in [1.82, 2.24) is 0 Å². The summed E-state index contributed by atoms with van der Waals surface area (Å²) in [5, 5.41) is 7.00. The van der Waals surface area contributed by atoms with Gasteiger partial charge < -0.3 is 5.11 Å². The van der Waals surface area contributed by atoms with E-state index >= 15 is 0 Å². The second-order valence-corrected chi connectivity index (χ2v) is 6.64. The van der Waals surface area contributed by atoms with Gasteiger partial charge in [-0.2, -0.15) is 74.6 Å². The van der Waals surface area contributed by atoms with Crippen LogP contribution in [0.5, 0.6) is 0 Å². The van der Waals surface area contributed by atoms with Crippen LogP contribution >= 0.6 is 0 Å². The largest absolute Gasteiger partial charge is 0.697 e. The first kappa shape index (κ1) is 32.0. The van der Waals surface area contributed by atoms with E-state index in [9.17, 15) is 87.0 Å². The molecule has 0 rings (SSSR count). The first-order chi connectivity index (χ1) is 13.0. The van der Waals surface area contributed by atoms with Crippen LogP contribution in [0.15, 0.2) is 0 Å². The third-order valence-electron chi connectivity index (χ3n) is 3.08. The van der Waals surface area contributed by atoms with E-state index in [1.807, 2.05) is 0 Å². The van der Waals surface area contributed by atoms with Crippen LogP contribution in [-0.2, 0) is 0 Å². The number of rotatable bonds is 7. The zero-order valence-corrected chi connectivity index (χ0v) is 14.5. The van der Waals surface area contributed by atoms with Gasteiger partial charge in [-0.25, -0.2) is 12.3 Å². The minimum absolute atomic E-state index is 1.00. The first-order valence-electron chi connectivity index (χ1n) is 6.23. The van der Waals surface area contributed by atoms with E-state index in [4.69, 9.17) is 5.11 Å². The number of aliphatic hydroxyl groups is 1. The summed E-state index contributed by atoms with van der Waals surface area (Å²) >= 11 is 0. The molecule has 0 aliphatic heterocycles. The van der Waals surface area contributed by atoms with E-state index in [2.05, 4.69) is 0 Å². The highest BCUT2D eigenvalue weighted by atomic mass is 28.5. The number of hydrogen-bond donors (Lipinski definition) is 1. The van der Waals surface area contributed by atoms with Crippen molar-refractivity contribution >= 4 is 9.08 Å². The van der Waals surface area contributed by atoms with E-state index in [1.165, 1.54) is 0 Å². The molecule has 0 atom stereocenters. The van der Waals surface area contributed by atoms with Gasteiger partial charge in [-0.05, 0) is 0 Å². The van der Waals surface area contributed by atoms with Gasteiger partial charge in [0.05, 0.1) is 0 Å². The summed E-state index contributed by atoms with van der Waals surface area (Å²) in [4.78, 5) is 0. The molecule has 0 spiro atoms. The molecule has 0 saturated heterocycles. The molecule has 0 aliphatic rings. The highest BCUT2D eigenvalue weighted by Gasteiger charge is 2.97. The molecule has 0 saturated carbocycles. The Morgan fingerprint density at radius 1 is 0.387 bits per heavy atom. The molecular weight excluding hydrogens is 532 g/mol. The van der Waals surface area contributed by atoms with Gasteiger partial charge in [0.1, 0.15) is 0 Å². The normalized spacial score (nSPS) is 16.1. The Morgan fingerprint density at radius 2 is 0.581 bits per heavy atom. The first-order valence-corrected chi connectivity index (χ1v) is 7.86. The van der Waals surface area contributed by atoms with Gasteiger partial charge >= 0.3 is 56.3 Å². The number of aliphatic hydroxyl groups excluding tert-OH is 1. The predicted molar refractivity (Wildman–Crippen MR) is 57.9 cm³/mol. The standard InChI is InChI=1S/C8F20Si.CH4O/c9-1(10,3(13,14)5(17,18)7(21,22)23)2(11,12)4(15,16)6(19,20)8(24,25)29(26,27)28;1-2/h;2H,1H3. The van der Waals surface area contributed by atoms with Crippen LogP contribution in [0.3, 0.4) is 0 Å². The summed E-state index contributed by atoms with van der Waals surface area (Å²) in [5.41, 5.74) is -8.23. The molecule has 0 aromatic rings. The van der Waals surface area contributed by atoms with Gasteiger partial charge in [-0.3, -0.25) is 0 Å². The quantitative estimate of drug-likeness (QED) is 0.241. The SMILES string of the molecule is CO.FC(F)(F)C(F)(F)C(F)(F)C(F)(F)C(F)(F)C(F)(F)C(F)(F)C(F)(F)[Si](F)(F)F. The lowest BCUT2D eigenvalue weighted by Gasteiger charge is -2.42. The predicted octanol–water partition coefficient (Wildman–Crippen LogP) is 5.99. The van der Waals surface area contributed by atoms with Crippen molar-refractivity contribution < 1.29 is 92.1 Å². The molecule has 0 aliphatic carbocycles. The third-order valence-corrected chi connectivity index (χ3v) is 4.10. The van der Waals surface area contributed by atoms with Gasteiger partial charge in [0.15, 0.2) is 0 Å². The lowest BCUT2D eigenvalue weighted by molar-refractivity contribution is -0.459. The van der Waals surface area contributed by atoms with Crippen LogP contribution in [0.2, 0.25) is 0 Å². The summed E-state index contributed by atoms with van der Waals surface area (Å²) in [5.74, 6) is -52.6. The molecule has 0 amide bonds. The lowest BCUT2D eigenvalue weighted by atomic mass is 9.91. The highest BCUT2D eigenvalue weighted by Crippen LogP contribution is 2.64. The Kier molecular flexibility index (Phi) is 8.22. The summed E-state index contributed by atoms with van der Waals surface area (Å²) in [6.45, 7) is 0. The van der Waals surface area contributed by atoms with Crippen molar-refractivity contribution in [3.8, 4) is 0 Å². The van der Waals surface area contributed by atoms with Crippen molar-refractivity contribution in [3.05, 3.63) is 0 Å². The Balaban J connectivity index is 0. The van der Waals surface area contributed by atoms with Crippen LogP contribution in [-0.4, -0.2) is 68.5 Å². The fourth-order valence-electron chi connectivity index (χ4n) is 1.34. The maximum atomic E-state index is 13.0. The van der Waals surface area contributed by atoms with E-state index in [-0.39, 0.29) is 0 Å². The second kappa shape index (κ2) is 7.97. The molecule has 0 aromatic heterocycles. The van der Waals surface area contributed by atoms with E-state index in [0.717, 1.165) is 7.11 Å². The average Bonchev–Trinajstić information content (AvgIpc) is 2.53. The Bertz CT molecular complexity index is 561. The van der Waals surface area contributed by atoms with Crippen molar-refractivity contribution in [2.75, 3.05) is 7.11 Å². The molecular formula is C9H4F20OSi. The fraction of sp³-hybridized carbons (Fsp3) is 1.00. The number of halogens is 20. The van der Waals surface area contributed by atoms with Gasteiger partial charge in [0, 0.05) is 7.11 Å². The molecule has 0 bridgehead atoms. The van der Waals surface area contributed by atoms with Crippen LogP contribution in [0.1, 0.15) is 0 Å². The molecule has 0 aromatic carbocycles. The average molecular weight is 536 g/mol. The molecule has 0 unspecified atom stereocenters. The van der Waals surface area contributed by atoms with E-state index in [1.54, 1.807) is 0 Å². The van der Waals surface area contributed by atoms with Crippen molar-refractivity contribution in [2.24, 2.45) is 0 Å². The van der Waals surface area contributed by atoms with Gasteiger partial charge in [0.25, 0.3) is 0 Å². The number of hydrogen-bond acceptors (Lipinski definition) is 1. The van der Waals surface area contributed by atoms with Gasteiger partial charge in [-0.15, -0.1) is 0 Å². The van der Waals surface area contributed by atoms with Gasteiger partial charge in [-0.1, -0.05) is 0 Å². The molecule has 0 radical (unpaired) electrons. The lowest BCUT2D eigenvalue weighted by Crippen LogP contribution is -2.76. The minimum Gasteiger partial charge on any atom is -0.400 e. The summed E-state index contributed by atoms with van der Waals surface area (Å²) in [6.07, 6.45) is -7.92. The van der Waals surface area contributed by atoms with Crippen LogP contribution < -0.4 is 0 Å².